The van der Waals surface area contributed by atoms with Gasteiger partial charge in [-0.2, -0.15) is 0 Å². The molecule has 0 heterocycles. The molecule has 0 amide bonds. The Kier molecular flexibility index (Phi) is 1.87. The molecule has 0 fully saturated rings. The van der Waals surface area contributed by atoms with Gasteiger partial charge in [-0.3, -0.25) is 0 Å². The van der Waals surface area contributed by atoms with Crippen LogP contribution in [0.15, 0.2) is 24.3 Å². The summed E-state index contributed by atoms with van der Waals surface area (Å²) in [6.45, 7) is 0. The van der Waals surface area contributed by atoms with Gasteiger partial charge in [-0.1, -0.05) is 24.3 Å². The van der Waals surface area contributed by atoms with Crippen molar-refractivity contribution in [3.8, 4) is 0 Å². The lowest BCUT2D eigenvalue weighted by Gasteiger charge is -2.13. The molecule has 1 aromatic carbocycles. The fraction of sp³-hybridized carbons (Fsp3) is 0.400. The summed E-state index contributed by atoms with van der Waals surface area (Å²) in [5, 5.41) is 0. The zero-order valence-electron chi connectivity index (χ0n) is 7.16. The van der Waals surface area contributed by atoms with E-state index < -0.39 is 0 Å². The van der Waals surface area contributed by atoms with E-state index in [1.807, 2.05) is 12.1 Å². The Morgan fingerprint density at radius 2 is 2.17 bits per heavy atom. The van der Waals surface area contributed by atoms with Gasteiger partial charge in [-0.25, -0.2) is 0 Å². The van der Waals surface area contributed by atoms with Gasteiger partial charge in [0.15, 0.2) is 0 Å². The van der Waals surface area contributed by atoms with Crippen LogP contribution in [0.4, 0.5) is 0 Å². The third kappa shape index (κ3) is 1.04. The molecular weight excluding hydrogens is 150 g/mol. The highest BCUT2D eigenvalue weighted by molar-refractivity contribution is 5.35. The van der Waals surface area contributed by atoms with Crippen LogP contribution in [-0.2, 0) is 11.2 Å². The van der Waals surface area contributed by atoms with Gasteiger partial charge in [0.25, 0.3) is 0 Å². The second-order valence-corrected chi connectivity index (χ2v) is 3.22. The highest BCUT2D eigenvalue weighted by Crippen LogP contribution is 2.32. The topological polar surface area (TPSA) is 35.2 Å². The average Bonchev–Trinajstić information content (AvgIpc) is 2.40. The maximum Gasteiger partial charge on any atom is 0.0977 e. The van der Waals surface area contributed by atoms with Crippen LogP contribution in [0.1, 0.15) is 17.2 Å². The number of ether oxygens (including phenoxy) is 1. The molecule has 1 aromatic rings. The largest absolute Gasteiger partial charge is 0.375 e. The molecule has 12 heavy (non-hydrogen) atoms. The molecule has 1 aliphatic carbocycles. The molecule has 0 bridgehead atoms. The standard InChI is InChI=1S/C10H13NO/c1-12-10-8-5-3-2-4-7(8)6-9(10)11/h2-5,9-10H,6,11H2,1H3. The summed E-state index contributed by atoms with van der Waals surface area (Å²) in [5.41, 5.74) is 8.50. The predicted octanol–water partition coefficient (Wildman–Crippen LogP) is 1.26. The molecule has 2 heteroatoms. The summed E-state index contributed by atoms with van der Waals surface area (Å²) >= 11 is 0. The zero-order chi connectivity index (χ0) is 8.55. The Balaban J connectivity index is 2.40. The quantitative estimate of drug-likeness (QED) is 0.676. The molecule has 2 nitrogen and oxygen atoms in total. The van der Waals surface area contributed by atoms with Crippen LogP contribution in [0.5, 0.6) is 0 Å². The van der Waals surface area contributed by atoms with Crippen molar-refractivity contribution in [2.24, 2.45) is 5.73 Å². The second-order valence-electron chi connectivity index (χ2n) is 3.22. The summed E-state index contributed by atoms with van der Waals surface area (Å²) in [7, 11) is 1.71. The van der Waals surface area contributed by atoms with Gasteiger partial charge < -0.3 is 10.5 Å². The highest BCUT2D eigenvalue weighted by atomic mass is 16.5. The lowest BCUT2D eigenvalue weighted by atomic mass is 10.1. The summed E-state index contributed by atoms with van der Waals surface area (Å²) < 4.78 is 5.32. The van der Waals surface area contributed by atoms with Crippen LogP contribution in [0, 0.1) is 0 Å². The van der Waals surface area contributed by atoms with Crippen LogP contribution in [0.3, 0.4) is 0 Å². The number of benzene rings is 1. The molecule has 2 atom stereocenters. The number of rotatable bonds is 1. The van der Waals surface area contributed by atoms with Crippen LogP contribution < -0.4 is 5.73 Å². The van der Waals surface area contributed by atoms with Crippen LogP contribution in [-0.4, -0.2) is 13.2 Å². The third-order valence-electron chi connectivity index (χ3n) is 2.46. The first-order chi connectivity index (χ1) is 5.83. The van der Waals surface area contributed by atoms with Gasteiger partial charge in [0.2, 0.25) is 0 Å². The molecular formula is C10H13NO. The van der Waals surface area contributed by atoms with E-state index in [-0.39, 0.29) is 12.1 Å². The molecule has 2 N–H and O–H groups in total. The first kappa shape index (κ1) is 7.77. The fourth-order valence-electron chi connectivity index (χ4n) is 1.89. The molecule has 64 valence electrons. The number of hydrogen-bond acceptors (Lipinski definition) is 2. The van der Waals surface area contributed by atoms with E-state index in [1.54, 1.807) is 7.11 Å². The van der Waals surface area contributed by atoms with Crippen molar-refractivity contribution in [3.63, 3.8) is 0 Å². The first-order valence-electron chi connectivity index (χ1n) is 4.19. The number of nitrogens with two attached hydrogens (primary N) is 1. The fourth-order valence-corrected chi connectivity index (χ4v) is 1.89. The van der Waals surface area contributed by atoms with Crippen molar-refractivity contribution in [1.82, 2.24) is 0 Å². The van der Waals surface area contributed by atoms with Crippen molar-refractivity contribution in [3.05, 3.63) is 35.4 Å². The summed E-state index contributed by atoms with van der Waals surface area (Å²) in [6, 6.07) is 8.42. The predicted molar refractivity (Wildman–Crippen MR) is 47.9 cm³/mol. The molecule has 2 rings (SSSR count). The second kappa shape index (κ2) is 2.88. The zero-order valence-corrected chi connectivity index (χ0v) is 7.16. The average molecular weight is 163 g/mol. The minimum absolute atomic E-state index is 0.0983. The maximum atomic E-state index is 5.91. The molecule has 0 aliphatic heterocycles. The number of fused-ring (bicyclic) bond motifs is 1. The third-order valence-corrected chi connectivity index (χ3v) is 2.46. The van der Waals surface area contributed by atoms with Gasteiger partial charge in [0.05, 0.1) is 6.10 Å². The van der Waals surface area contributed by atoms with E-state index in [9.17, 15) is 0 Å². The van der Waals surface area contributed by atoms with E-state index in [0.29, 0.717) is 0 Å². The Morgan fingerprint density at radius 3 is 2.92 bits per heavy atom. The molecule has 0 saturated carbocycles. The summed E-state index contributed by atoms with van der Waals surface area (Å²) in [4.78, 5) is 0. The number of hydrogen-bond donors (Lipinski definition) is 1. The van der Waals surface area contributed by atoms with Crippen molar-refractivity contribution in [2.45, 2.75) is 18.6 Å². The lowest BCUT2D eigenvalue weighted by molar-refractivity contribution is 0.0903. The van der Waals surface area contributed by atoms with Crippen LogP contribution in [0.25, 0.3) is 0 Å². The summed E-state index contributed by atoms with van der Waals surface area (Å²) in [5.74, 6) is 0. The monoisotopic (exact) mass is 163 g/mol. The van der Waals surface area contributed by atoms with Crippen molar-refractivity contribution in [2.75, 3.05) is 7.11 Å². The van der Waals surface area contributed by atoms with E-state index in [4.69, 9.17) is 10.5 Å². The Labute approximate surface area is 72.3 Å². The van der Waals surface area contributed by atoms with Crippen LogP contribution >= 0.6 is 0 Å². The van der Waals surface area contributed by atoms with Gasteiger partial charge in [0, 0.05) is 13.2 Å². The lowest BCUT2D eigenvalue weighted by Crippen LogP contribution is -2.25. The van der Waals surface area contributed by atoms with Crippen molar-refractivity contribution in [1.29, 1.82) is 0 Å². The highest BCUT2D eigenvalue weighted by Gasteiger charge is 2.28. The van der Waals surface area contributed by atoms with E-state index in [1.165, 1.54) is 11.1 Å². The van der Waals surface area contributed by atoms with Gasteiger partial charge in [-0.05, 0) is 17.5 Å². The Hall–Kier alpha value is -0.860. The molecule has 1 aliphatic rings. The normalized spacial score (nSPS) is 27.2. The summed E-state index contributed by atoms with van der Waals surface area (Å²) in [6.07, 6.45) is 1.04. The number of methoxy groups -OCH3 is 1. The van der Waals surface area contributed by atoms with Crippen molar-refractivity contribution < 1.29 is 4.74 Å². The van der Waals surface area contributed by atoms with Gasteiger partial charge in [0.1, 0.15) is 0 Å². The minimum Gasteiger partial charge on any atom is -0.375 e. The molecule has 2 unspecified atom stereocenters. The Bertz CT molecular complexity index is 285. The molecule has 0 radical (unpaired) electrons. The molecule has 0 spiro atoms. The van der Waals surface area contributed by atoms with E-state index in [0.717, 1.165) is 6.42 Å². The Morgan fingerprint density at radius 1 is 1.42 bits per heavy atom. The molecule has 0 aromatic heterocycles. The van der Waals surface area contributed by atoms with Gasteiger partial charge >= 0.3 is 0 Å². The molecule has 0 saturated heterocycles. The van der Waals surface area contributed by atoms with E-state index in [2.05, 4.69) is 12.1 Å². The van der Waals surface area contributed by atoms with Gasteiger partial charge in [-0.15, -0.1) is 0 Å². The maximum absolute atomic E-state index is 5.91. The van der Waals surface area contributed by atoms with Crippen molar-refractivity contribution >= 4 is 0 Å². The minimum atomic E-state index is 0.0983. The van der Waals surface area contributed by atoms with Crippen LogP contribution in [0.2, 0.25) is 0 Å². The van der Waals surface area contributed by atoms with E-state index >= 15 is 0 Å². The smallest absolute Gasteiger partial charge is 0.0977 e. The SMILES string of the molecule is COC1c2ccccc2CC1N. The first-order valence-corrected chi connectivity index (χ1v) is 4.19.